The number of benzene rings is 1. The predicted molar refractivity (Wildman–Crippen MR) is 133 cm³/mol. The normalized spacial score (nSPS) is 20.7. The van der Waals surface area contributed by atoms with Gasteiger partial charge >= 0.3 is 5.97 Å². The molecule has 34 heavy (non-hydrogen) atoms. The van der Waals surface area contributed by atoms with E-state index in [0.717, 1.165) is 51.7 Å². The molecule has 0 aliphatic carbocycles. The third-order valence-electron chi connectivity index (χ3n) is 6.76. The molecule has 1 aromatic carbocycles. The third-order valence-corrected chi connectivity index (χ3v) is 10.4. The predicted octanol–water partition coefficient (Wildman–Crippen LogP) is 3.19. The summed E-state index contributed by atoms with van der Waals surface area (Å²) in [6.07, 6.45) is 2.06. The Morgan fingerprint density at radius 2 is 1.91 bits per heavy atom. The number of hydrogen-bond acceptors (Lipinski definition) is 7. The van der Waals surface area contributed by atoms with Crippen molar-refractivity contribution in [2.75, 3.05) is 33.3 Å². The number of carbonyl (C=O) groups excluding carboxylic acids is 2. The first kappa shape index (κ1) is 25.4. The number of halogens is 1. The summed E-state index contributed by atoms with van der Waals surface area (Å²) in [6, 6.07) is 6.33. The van der Waals surface area contributed by atoms with E-state index in [-0.39, 0.29) is 16.2 Å². The van der Waals surface area contributed by atoms with Gasteiger partial charge in [-0.3, -0.25) is 9.59 Å². The highest BCUT2D eigenvalue weighted by Crippen LogP contribution is 2.35. The van der Waals surface area contributed by atoms with Crippen LogP contribution in [0, 0.1) is 0 Å². The number of fused-ring (bicyclic) bond motifs is 1. The Bertz CT molecular complexity index is 1170. The number of piperidine rings is 1. The van der Waals surface area contributed by atoms with Gasteiger partial charge in [-0.2, -0.15) is 4.31 Å². The second kappa shape index (κ2) is 10.1. The SMILES string of the molecule is COC(=O)CN([C@H]1CCN(C2CCN(C(C)C)CC2)C1=O)S(=O)(=O)c1cc2ccc(Cl)cc2s1. The summed E-state index contributed by atoms with van der Waals surface area (Å²) in [5, 5.41) is 1.25. The standard InChI is InChI=1S/C23H30ClN3O5S2/c1-15(2)25-9-6-18(7-10-25)26-11-8-19(23(26)29)27(14-21(28)32-3)34(30,31)22-12-16-4-5-17(24)13-20(16)33-22/h4-5,12-13,15,18-19H,6-11,14H2,1-3H3/t19-/m0/s1. The number of nitrogens with zero attached hydrogens (tertiary/aromatic N) is 3. The molecule has 0 saturated carbocycles. The van der Waals surface area contributed by atoms with E-state index in [0.29, 0.717) is 24.0 Å². The lowest BCUT2D eigenvalue weighted by molar-refractivity contribution is -0.142. The summed E-state index contributed by atoms with van der Waals surface area (Å²) in [5.74, 6) is -0.941. The van der Waals surface area contributed by atoms with Gasteiger partial charge in [-0.25, -0.2) is 8.42 Å². The van der Waals surface area contributed by atoms with Crippen molar-refractivity contribution < 1.29 is 22.7 Å². The first-order valence-corrected chi connectivity index (χ1v) is 14.1. The van der Waals surface area contributed by atoms with Crippen molar-refractivity contribution in [2.45, 2.75) is 55.4 Å². The second-order valence-corrected chi connectivity index (χ2v) is 12.7. The van der Waals surface area contributed by atoms with E-state index >= 15 is 0 Å². The molecule has 2 aliphatic rings. The lowest BCUT2D eigenvalue weighted by atomic mass is 10.0. The molecule has 1 atom stereocenters. The Hall–Kier alpha value is -1.72. The fourth-order valence-corrected chi connectivity index (χ4v) is 8.17. The highest BCUT2D eigenvalue weighted by Gasteiger charge is 2.45. The van der Waals surface area contributed by atoms with Gasteiger partial charge in [-0.1, -0.05) is 17.7 Å². The molecule has 2 saturated heterocycles. The number of hydrogen-bond donors (Lipinski definition) is 0. The lowest BCUT2D eigenvalue weighted by Gasteiger charge is -2.38. The van der Waals surface area contributed by atoms with Gasteiger partial charge in [0.1, 0.15) is 16.8 Å². The van der Waals surface area contributed by atoms with Crippen molar-refractivity contribution in [3.05, 3.63) is 29.3 Å². The van der Waals surface area contributed by atoms with Gasteiger partial charge in [-0.05, 0) is 56.7 Å². The minimum atomic E-state index is -4.12. The number of esters is 1. The van der Waals surface area contributed by atoms with Crippen LogP contribution in [0.5, 0.6) is 0 Å². The molecule has 1 aromatic heterocycles. The first-order valence-electron chi connectivity index (χ1n) is 11.4. The Balaban J connectivity index is 1.59. The summed E-state index contributed by atoms with van der Waals surface area (Å²) >= 11 is 7.14. The molecule has 0 spiro atoms. The summed E-state index contributed by atoms with van der Waals surface area (Å²) in [5.41, 5.74) is 0. The van der Waals surface area contributed by atoms with Crippen molar-refractivity contribution in [3.8, 4) is 0 Å². The molecular formula is C23H30ClN3O5S2. The van der Waals surface area contributed by atoms with Gasteiger partial charge in [0.05, 0.1) is 7.11 Å². The van der Waals surface area contributed by atoms with Crippen LogP contribution in [0.25, 0.3) is 10.1 Å². The first-order chi connectivity index (χ1) is 16.1. The van der Waals surface area contributed by atoms with E-state index in [4.69, 9.17) is 16.3 Å². The van der Waals surface area contributed by atoms with Gasteiger partial charge in [0.25, 0.3) is 10.0 Å². The molecule has 2 fully saturated rings. The van der Waals surface area contributed by atoms with Crippen LogP contribution in [-0.4, -0.2) is 85.8 Å². The molecule has 11 heteroatoms. The van der Waals surface area contributed by atoms with Crippen LogP contribution in [0.3, 0.4) is 0 Å². The molecular weight excluding hydrogens is 498 g/mol. The zero-order valence-electron chi connectivity index (χ0n) is 19.6. The van der Waals surface area contributed by atoms with Crippen molar-refractivity contribution in [1.29, 1.82) is 0 Å². The van der Waals surface area contributed by atoms with Crippen molar-refractivity contribution in [1.82, 2.24) is 14.1 Å². The van der Waals surface area contributed by atoms with Crippen LogP contribution < -0.4 is 0 Å². The van der Waals surface area contributed by atoms with E-state index in [2.05, 4.69) is 18.7 Å². The number of likely N-dealkylation sites (tertiary alicyclic amines) is 2. The number of amides is 1. The summed E-state index contributed by atoms with van der Waals surface area (Å²) < 4.78 is 34.0. The van der Waals surface area contributed by atoms with Crippen molar-refractivity contribution in [3.63, 3.8) is 0 Å². The molecule has 0 bridgehead atoms. The molecule has 1 amide bonds. The molecule has 2 aliphatic heterocycles. The van der Waals surface area contributed by atoms with Crippen LogP contribution in [-0.2, 0) is 24.3 Å². The number of methoxy groups -OCH3 is 1. The van der Waals surface area contributed by atoms with Crippen LogP contribution >= 0.6 is 22.9 Å². The van der Waals surface area contributed by atoms with Gasteiger partial charge in [-0.15, -0.1) is 11.3 Å². The number of sulfonamides is 1. The summed E-state index contributed by atoms with van der Waals surface area (Å²) in [4.78, 5) is 29.9. The van der Waals surface area contributed by atoms with Crippen LogP contribution in [0.2, 0.25) is 5.02 Å². The maximum Gasteiger partial charge on any atom is 0.321 e. The fourth-order valence-electron chi connectivity index (χ4n) is 4.81. The molecule has 0 unspecified atom stereocenters. The number of rotatable bonds is 7. The third kappa shape index (κ3) is 4.97. The Labute approximate surface area is 209 Å². The average molecular weight is 528 g/mol. The molecule has 0 N–H and O–H groups in total. The van der Waals surface area contributed by atoms with Crippen LogP contribution in [0.1, 0.15) is 33.1 Å². The van der Waals surface area contributed by atoms with E-state index in [1.807, 2.05) is 4.90 Å². The van der Waals surface area contributed by atoms with Crippen LogP contribution in [0.15, 0.2) is 28.5 Å². The zero-order chi connectivity index (χ0) is 24.6. The number of carbonyl (C=O) groups is 2. The Morgan fingerprint density at radius 1 is 1.21 bits per heavy atom. The minimum absolute atomic E-state index is 0.0742. The van der Waals surface area contributed by atoms with Gasteiger partial charge in [0, 0.05) is 41.4 Å². The Kier molecular flexibility index (Phi) is 7.54. The van der Waals surface area contributed by atoms with E-state index in [1.165, 1.54) is 7.11 Å². The summed E-state index contributed by atoms with van der Waals surface area (Å²) in [7, 11) is -2.91. The van der Waals surface area contributed by atoms with Gasteiger partial charge in [0.2, 0.25) is 5.91 Å². The van der Waals surface area contributed by atoms with Crippen LogP contribution in [0.4, 0.5) is 0 Å². The molecule has 4 rings (SSSR count). The lowest BCUT2D eigenvalue weighted by Crippen LogP contribution is -2.51. The minimum Gasteiger partial charge on any atom is -0.468 e. The smallest absolute Gasteiger partial charge is 0.321 e. The average Bonchev–Trinajstić information content (AvgIpc) is 3.40. The van der Waals surface area contributed by atoms with E-state index in [1.54, 1.807) is 24.3 Å². The largest absolute Gasteiger partial charge is 0.468 e. The van der Waals surface area contributed by atoms with Gasteiger partial charge < -0.3 is 14.5 Å². The number of ether oxygens (including phenoxy) is 1. The van der Waals surface area contributed by atoms with Crippen molar-refractivity contribution >= 4 is 54.9 Å². The van der Waals surface area contributed by atoms with E-state index < -0.39 is 28.6 Å². The topological polar surface area (TPSA) is 87.2 Å². The molecule has 186 valence electrons. The second-order valence-electron chi connectivity index (χ2n) is 9.07. The van der Waals surface area contributed by atoms with Crippen molar-refractivity contribution in [2.24, 2.45) is 0 Å². The molecule has 0 radical (unpaired) electrons. The van der Waals surface area contributed by atoms with E-state index in [9.17, 15) is 18.0 Å². The fraction of sp³-hybridized carbons (Fsp3) is 0.565. The molecule has 2 aromatic rings. The Morgan fingerprint density at radius 3 is 2.56 bits per heavy atom. The summed E-state index contributed by atoms with van der Waals surface area (Å²) in [6.45, 7) is 6.11. The van der Waals surface area contributed by atoms with Gasteiger partial charge in [0.15, 0.2) is 0 Å². The number of thiophene rings is 1. The zero-order valence-corrected chi connectivity index (χ0v) is 22.0. The maximum absolute atomic E-state index is 13.7. The highest BCUT2D eigenvalue weighted by molar-refractivity contribution is 7.91. The highest BCUT2D eigenvalue weighted by atomic mass is 35.5. The maximum atomic E-state index is 13.7. The molecule has 8 nitrogen and oxygen atoms in total. The quantitative estimate of drug-likeness (QED) is 0.514. The monoisotopic (exact) mass is 527 g/mol. The molecule has 3 heterocycles.